The molecule has 0 bridgehead atoms. The summed E-state index contributed by atoms with van der Waals surface area (Å²) >= 11 is 0. The van der Waals surface area contributed by atoms with Crippen molar-refractivity contribution in [1.82, 2.24) is 10.2 Å². The lowest BCUT2D eigenvalue weighted by atomic mass is 9.90. The normalized spacial score (nSPS) is 23.3. The summed E-state index contributed by atoms with van der Waals surface area (Å²) in [5.74, 6) is 0.250. The van der Waals surface area contributed by atoms with E-state index in [0.717, 1.165) is 5.56 Å². The van der Waals surface area contributed by atoms with Gasteiger partial charge < -0.3 is 14.4 Å². The number of carbonyl (C=O) groups excluding carboxylic acids is 1. The average molecular weight is 340 g/mol. The van der Waals surface area contributed by atoms with Crippen molar-refractivity contribution < 1.29 is 23.0 Å². The van der Waals surface area contributed by atoms with Crippen LogP contribution in [0.2, 0.25) is 0 Å². The molecule has 7 heteroatoms. The Morgan fingerprint density at radius 1 is 1.29 bits per heavy atom. The molecule has 2 saturated heterocycles. The number of likely N-dealkylation sites (N-methyl/N-ethyl adjacent to an activating group) is 1. The Labute approximate surface area is 139 Å². The second-order valence-electron chi connectivity index (χ2n) is 6.52. The number of ether oxygens (including phenoxy) is 2. The number of nitrogens with one attached hydrogen (secondary N) is 1. The van der Waals surface area contributed by atoms with Gasteiger partial charge in [0.15, 0.2) is 0 Å². The molecule has 2 fully saturated rings. The smallest absolute Gasteiger partial charge is 0.387 e. The number of amides is 1. The molecule has 2 aliphatic rings. The molecule has 24 heavy (non-hydrogen) atoms. The van der Waals surface area contributed by atoms with E-state index in [1.807, 2.05) is 0 Å². The van der Waals surface area contributed by atoms with Crippen LogP contribution in [0.15, 0.2) is 12.1 Å². The molecule has 1 amide bonds. The lowest BCUT2D eigenvalue weighted by Crippen LogP contribution is -2.50. The van der Waals surface area contributed by atoms with E-state index in [-0.39, 0.29) is 17.8 Å². The molecule has 1 atom stereocenters. The van der Waals surface area contributed by atoms with Gasteiger partial charge in [0.05, 0.1) is 0 Å². The van der Waals surface area contributed by atoms with E-state index in [2.05, 4.69) is 10.1 Å². The van der Waals surface area contributed by atoms with Crippen molar-refractivity contribution in [3.8, 4) is 5.75 Å². The van der Waals surface area contributed by atoms with Crippen LogP contribution >= 0.6 is 0 Å². The Morgan fingerprint density at radius 3 is 2.42 bits per heavy atom. The molecule has 5 nitrogen and oxygen atoms in total. The number of aryl methyl sites for hydroxylation is 2. The summed E-state index contributed by atoms with van der Waals surface area (Å²) in [6.07, 6.45) is 0.989. The molecule has 1 spiro atoms. The van der Waals surface area contributed by atoms with E-state index >= 15 is 0 Å². The molecule has 1 N–H and O–H groups in total. The topological polar surface area (TPSA) is 50.8 Å². The van der Waals surface area contributed by atoms with Crippen molar-refractivity contribution in [3.05, 3.63) is 28.8 Å². The first-order valence-corrected chi connectivity index (χ1v) is 8.03. The number of hydrogen-bond acceptors (Lipinski definition) is 4. The van der Waals surface area contributed by atoms with Gasteiger partial charge >= 0.3 is 6.61 Å². The van der Waals surface area contributed by atoms with E-state index < -0.39 is 12.2 Å². The molecule has 2 heterocycles. The van der Waals surface area contributed by atoms with Gasteiger partial charge in [0.1, 0.15) is 17.5 Å². The van der Waals surface area contributed by atoms with E-state index in [1.165, 1.54) is 0 Å². The fourth-order valence-electron chi connectivity index (χ4n) is 3.68. The second kappa shape index (κ2) is 6.29. The first kappa shape index (κ1) is 17.1. The molecule has 1 aromatic carbocycles. The van der Waals surface area contributed by atoms with Gasteiger partial charge in [0.25, 0.3) is 0 Å². The van der Waals surface area contributed by atoms with Gasteiger partial charge in [0, 0.05) is 20.3 Å². The highest BCUT2D eigenvalue weighted by Crippen LogP contribution is 2.37. The average Bonchev–Trinajstić information content (AvgIpc) is 2.77. The van der Waals surface area contributed by atoms with Crippen LogP contribution in [-0.2, 0) is 9.53 Å². The number of alkyl halides is 2. The van der Waals surface area contributed by atoms with Crippen molar-refractivity contribution in [3.63, 3.8) is 0 Å². The van der Waals surface area contributed by atoms with Gasteiger partial charge in [-0.25, -0.2) is 0 Å². The SMILES string of the molecule is Cc1cc(C2NC3(CCOCC3)C(=O)N2C)cc(C)c1OC(F)F. The van der Waals surface area contributed by atoms with Crippen LogP contribution in [0.3, 0.4) is 0 Å². The summed E-state index contributed by atoms with van der Waals surface area (Å²) in [7, 11) is 1.76. The van der Waals surface area contributed by atoms with Crippen molar-refractivity contribution in [2.24, 2.45) is 0 Å². The van der Waals surface area contributed by atoms with Crippen LogP contribution in [0.4, 0.5) is 8.78 Å². The van der Waals surface area contributed by atoms with Gasteiger partial charge in [-0.3, -0.25) is 10.1 Å². The quantitative estimate of drug-likeness (QED) is 0.919. The third kappa shape index (κ3) is 2.86. The lowest BCUT2D eigenvalue weighted by molar-refractivity contribution is -0.134. The van der Waals surface area contributed by atoms with Crippen LogP contribution in [0.1, 0.15) is 35.7 Å². The monoisotopic (exact) mass is 340 g/mol. The van der Waals surface area contributed by atoms with Gasteiger partial charge in [-0.1, -0.05) is 0 Å². The van der Waals surface area contributed by atoms with Gasteiger partial charge in [-0.2, -0.15) is 8.78 Å². The Morgan fingerprint density at radius 2 is 1.88 bits per heavy atom. The highest BCUT2D eigenvalue weighted by Gasteiger charge is 2.50. The third-order valence-electron chi connectivity index (χ3n) is 4.88. The van der Waals surface area contributed by atoms with Crippen LogP contribution in [0, 0.1) is 13.8 Å². The van der Waals surface area contributed by atoms with Crippen LogP contribution in [-0.4, -0.2) is 43.2 Å². The van der Waals surface area contributed by atoms with Crippen molar-refractivity contribution in [1.29, 1.82) is 0 Å². The van der Waals surface area contributed by atoms with Gasteiger partial charge in [-0.15, -0.1) is 0 Å². The summed E-state index contributed by atoms with van der Waals surface area (Å²) in [5.41, 5.74) is 1.53. The van der Waals surface area contributed by atoms with E-state index in [0.29, 0.717) is 37.2 Å². The molecule has 0 aliphatic carbocycles. The first-order chi connectivity index (χ1) is 11.3. The molecule has 2 aliphatic heterocycles. The van der Waals surface area contributed by atoms with Crippen molar-refractivity contribution in [2.45, 2.75) is 45.0 Å². The number of carbonyl (C=O) groups is 1. The van der Waals surface area contributed by atoms with Crippen molar-refractivity contribution >= 4 is 5.91 Å². The highest BCUT2D eigenvalue weighted by molar-refractivity contribution is 5.89. The third-order valence-corrected chi connectivity index (χ3v) is 4.88. The fraction of sp³-hybridized carbons (Fsp3) is 0.588. The largest absolute Gasteiger partial charge is 0.434 e. The maximum Gasteiger partial charge on any atom is 0.387 e. The molecule has 1 unspecified atom stereocenters. The lowest BCUT2D eigenvalue weighted by Gasteiger charge is -2.31. The fourth-order valence-corrected chi connectivity index (χ4v) is 3.68. The second-order valence-corrected chi connectivity index (χ2v) is 6.52. The summed E-state index contributed by atoms with van der Waals surface area (Å²) in [6, 6.07) is 3.59. The maximum atomic E-state index is 12.7. The first-order valence-electron chi connectivity index (χ1n) is 8.03. The van der Waals surface area contributed by atoms with Crippen LogP contribution in [0.5, 0.6) is 5.75 Å². The van der Waals surface area contributed by atoms with Gasteiger partial charge in [0.2, 0.25) is 5.91 Å². The minimum atomic E-state index is -2.85. The van der Waals surface area contributed by atoms with Crippen LogP contribution in [0.25, 0.3) is 0 Å². The molecule has 1 aromatic rings. The molecule has 0 aromatic heterocycles. The highest BCUT2D eigenvalue weighted by atomic mass is 19.3. The minimum Gasteiger partial charge on any atom is -0.434 e. The number of halogens is 2. The number of hydrogen-bond donors (Lipinski definition) is 1. The number of rotatable bonds is 3. The molecule has 0 saturated carbocycles. The zero-order valence-electron chi connectivity index (χ0n) is 14.1. The maximum absolute atomic E-state index is 12.7. The number of benzene rings is 1. The summed E-state index contributed by atoms with van der Waals surface area (Å²) in [5, 5.41) is 3.44. The Balaban J connectivity index is 1.90. The van der Waals surface area contributed by atoms with Gasteiger partial charge in [-0.05, 0) is 55.5 Å². The predicted octanol–water partition coefficient (Wildman–Crippen LogP) is 2.51. The standard InChI is InChI=1S/C17H22F2N2O3/c1-10-8-12(9-11(2)13(10)24-16(18)19)14-20-17(15(22)21(14)3)4-6-23-7-5-17/h8-9,14,16,20H,4-7H2,1-3H3. The molecule has 0 radical (unpaired) electrons. The molecular formula is C17H22F2N2O3. The Kier molecular flexibility index (Phi) is 4.48. The number of nitrogens with zero attached hydrogens (tertiary/aromatic N) is 1. The Bertz CT molecular complexity index is 622. The van der Waals surface area contributed by atoms with E-state index in [1.54, 1.807) is 37.9 Å². The zero-order chi connectivity index (χ0) is 17.5. The van der Waals surface area contributed by atoms with E-state index in [9.17, 15) is 13.6 Å². The molecule has 132 valence electrons. The Hall–Kier alpha value is -1.73. The zero-order valence-corrected chi connectivity index (χ0v) is 14.1. The van der Waals surface area contributed by atoms with Crippen molar-refractivity contribution in [2.75, 3.05) is 20.3 Å². The van der Waals surface area contributed by atoms with E-state index in [4.69, 9.17) is 4.74 Å². The minimum absolute atomic E-state index is 0.0546. The summed E-state index contributed by atoms with van der Waals surface area (Å²) < 4.78 is 35.0. The predicted molar refractivity (Wildman–Crippen MR) is 84.0 cm³/mol. The molecule has 3 rings (SSSR count). The van der Waals surface area contributed by atoms with Crippen LogP contribution < -0.4 is 10.1 Å². The summed E-state index contributed by atoms with van der Waals surface area (Å²) in [4.78, 5) is 14.4. The molecular weight excluding hydrogens is 318 g/mol. The summed E-state index contributed by atoms with van der Waals surface area (Å²) in [6.45, 7) is 1.72.